The third kappa shape index (κ3) is 2.33. The number of methoxy groups -OCH3 is 1. The van der Waals surface area contributed by atoms with Crippen molar-refractivity contribution < 1.29 is 9.53 Å². The lowest BCUT2D eigenvalue weighted by Gasteiger charge is -2.37. The molecule has 108 valence electrons. The van der Waals surface area contributed by atoms with Gasteiger partial charge >= 0.3 is 0 Å². The van der Waals surface area contributed by atoms with Crippen LogP contribution >= 0.6 is 0 Å². The van der Waals surface area contributed by atoms with E-state index in [0.717, 1.165) is 19.6 Å². The highest BCUT2D eigenvalue weighted by Crippen LogP contribution is 2.25. The number of fused-ring (bicyclic) bond motifs is 1. The predicted molar refractivity (Wildman–Crippen MR) is 77.9 cm³/mol. The number of carbonyl (C=O) groups excluding carboxylic acids is 1. The molecule has 1 amide bonds. The van der Waals surface area contributed by atoms with Crippen LogP contribution in [0.5, 0.6) is 5.75 Å². The second kappa shape index (κ2) is 5.32. The number of piperazine rings is 1. The Labute approximate surface area is 119 Å². The predicted octanol–water partition coefficient (Wildman–Crippen LogP) is 1.20. The normalized spacial score (nSPS) is 22.6. The molecule has 0 bridgehead atoms. The van der Waals surface area contributed by atoms with Crippen molar-refractivity contribution in [2.45, 2.75) is 18.9 Å². The molecule has 5 heteroatoms. The summed E-state index contributed by atoms with van der Waals surface area (Å²) in [5, 5.41) is 0. The van der Waals surface area contributed by atoms with Crippen molar-refractivity contribution in [2.24, 2.45) is 0 Å². The monoisotopic (exact) mass is 275 g/mol. The van der Waals surface area contributed by atoms with Crippen molar-refractivity contribution >= 4 is 11.6 Å². The number of rotatable bonds is 2. The number of amides is 1. The summed E-state index contributed by atoms with van der Waals surface area (Å²) in [6, 6.07) is 5.80. The fraction of sp³-hybridized carbons (Fsp3) is 0.533. The topological polar surface area (TPSA) is 58.8 Å². The van der Waals surface area contributed by atoms with Crippen LogP contribution in [0.25, 0.3) is 0 Å². The highest BCUT2D eigenvalue weighted by Gasteiger charge is 2.32. The Morgan fingerprint density at radius 3 is 2.95 bits per heavy atom. The SMILES string of the molecule is COc1ccc(C(=O)N2CCN3CCCC3C2)cc1N. The van der Waals surface area contributed by atoms with Crippen molar-refractivity contribution in [1.29, 1.82) is 0 Å². The minimum absolute atomic E-state index is 0.0749. The summed E-state index contributed by atoms with van der Waals surface area (Å²) >= 11 is 0. The number of hydrogen-bond acceptors (Lipinski definition) is 4. The lowest BCUT2D eigenvalue weighted by Crippen LogP contribution is -2.52. The van der Waals surface area contributed by atoms with Crippen LogP contribution in [0.2, 0.25) is 0 Å². The van der Waals surface area contributed by atoms with Crippen LogP contribution in [0.3, 0.4) is 0 Å². The van der Waals surface area contributed by atoms with Crippen LogP contribution in [0.15, 0.2) is 18.2 Å². The minimum Gasteiger partial charge on any atom is -0.495 e. The molecule has 2 aliphatic heterocycles. The first-order chi connectivity index (χ1) is 9.69. The minimum atomic E-state index is 0.0749. The van der Waals surface area contributed by atoms with E-state index in [2.05, 4.69) is 4.90 Å². The number of benzene rings is 1. The molecule has 1 atom stereocenters. The molecule has 20 heavy (non-hydrogen) atoms. The third-order valence-corrected chi connectivity index (χ3v) is 4.35. The maximum absolute atomic E-state index is 12.6. The van der Waals surface area contributed by atoms with Gasteiger partial charge in [0.15, 0.2) is 0 Å². The molecule has 0 saturated carbocycles. The van der Waals surface area contributed by atoms with E-state index in [1.54, 1.807) is 25.3 Å². The van der Waals surface area contributed by atoms with Crippen LogP contribution in [0.4, 0.5) is 5.69 Å². The molecule has 2 saturated heterocycles. The van der Waals surface area contributed by atoms with Crippen molar-refractivity contribution in [1.82, 2.24) is 9.80 Å². The molecule has 1 unspecified atom stereocenters. The first-order valence-corrected chi connectivity index (χ1v) is 7.16. The van der Waals surface area contributed by atoms with Crippen LogP contribution < -0.4 is 10.5 Å². The van der Waals surface area contributed by atoms with Crippen molar-refractivity contribution in [2.75, 3.05) is 39.0 Å². The standard InChI is InChI=1S/C15H21N3O2/c1-20-14-5-4-11(9-13(14)16)15(19)18-8-7-17-6-2-3-12(17)10-18/h4-5,9,12H,2-3,6-8,10,16H2,1H3. The molecular weight excluding hydrogens is 254 g/mol. The molecule has 0 aromatic heterocycles. The molecule has 1 aromatic rings. The molecule has 3 rings (SSSR count). The molecule has 2 fully saturated rings. The van der Waals surface area contributed by atoms with Gasteiger partial charge in [0.2, 0.25) is 0 Å². The summed E-state index contributed by atoms with van der Waals surface area (Å²) in [5.74, 6) is 0.688. The molecule has 2 heterocycles. The number of carbonyl (C=O) groups is 1. The lowest BCUT2D eigenvalue weighted by molar-refractivity contribution is 0.0571. The molecule has 2 N–H and O–H groups in total. The molecular formula is C15H21N3O2. The Kier molecular flexibility index (Phi) is 3.53. The summed E-state index contributed by atoms with van der Waals surface area (Å²) in [7, 11) is 1.58. The van der Waals surface area contributed by atoms with Gasteiger partial charge in [0.05, 0.1) is 12.8 Å². The number of nitrogens with zero attached hydrogens (tertiary/aromatic N) is 2. The van der Waals surface area contributed by atoms with E-state index in [4.69, 9.17) is 10.5 Å². The van der Waals surface area contributed by atoms with Crippen LogP contribution in [-0.4, -0.2) is 55.0 Å². The van der Waals surface area contributed by atoms with Crippen LogP contribution in [0.1, 0.15) is 23.2 Å². The van der Waals surface area contributed by atoms with E-state index >= 15 is 0 Å². The molecule has 0 radical (unpaired) electrons. The van der Waals surface area contributed by atoms with Crippen molar-refractivity contribution in [3.8, 4) is 5.75 Å². The quantitative estimate of drug-likeness (QED) is 0.824. The van der Waals surface area contributed by atoms with Crippen molar-refractivity contribution in [3.05, 3.63) is 23.8 Å². The zero-order chi connectivity index (χ0) is 14.1. The summed E-state index contributed by atoms with van der Waals surface area (Å²) in [4.78, 5) is 17.0. The first-order valence-electron chi connectivity index (χ1n) is 7.16. The maximum atomic E-state index is 12.6. The second-order valence-corrected chi connectivity index (χ2v) is 5.54. The largest absolute Gasteiger partial charge is 0.495 e. The summed E-state index contributed by atoms with van der Waals surface area (Å²) < 4.78 is 5.13. The van der Waals surface area contributed by atoms with Gasteiger partial charge in [-0.3, -0.25) is 9.69 Å². The van der Waals surface area contributed by atoms with Gasteiger partial charge in [-0.25, -0.2) is 0 Å². The van der Waals surface area contributed by atoms with E-state index in [9.17, 15) is 4.79 Å². The number of nitrogen functional groups attached to an aromatic ring is 1. The van der Waals surface area contributed by atoms with Crippen molar-refractivity contribution in [3.63, 3.8) is 0 Å². The summed E-state index contributed by atoms with van der Waals surface area (Å²) in [6.45, 7) is 3.82. The molecule has 2 aliphatic rings. The van der Waals surface area contributed by atoms with E-state index in [1.165, 1.54) is 19.4 Å². The van der Waals surface area contributed by atoms with Gasteiger partial charge in [-0.05, 0) is 37.6 Å². The Balaban J connectivity index is 1.74. The third-order valence-electron chi connectivity index (χ3n) is 4.35. The Morgan fingerprint density at radius 2 is 2.20 bits per heavy atom. The highest BCUT2D eigenvalue weighted by atomic mass is 16.5. The summed E-state index contributed by atoms with van der Waals surface area (Å²) in [5.41, 5.74) is 7.04. The zero-order valence-corrected chi connectivity index (χ0v) is 11.8. The Bertz CT molecular complexity index is 518. The van der Waals surface area contributed by atoms with E-state index < -0.39 is 0 Å². The number of nitrogens with two attached hydrogens (primary N) is 1. The van der Waals surface area contributed by atoms with Crippen LogP contribution in [0, 0.1) is 0 Å². The molecule has 5 nitrogen and oxygen atoms in total. The maximum Gasteiger partial charge on any atom is 0.254 e. The fourth-order valence-corrected chi connectivity index (χ4v) is 3.23. The summed E-state index contributed by atoms with van der Waals surface area (Å²) in [6.07, 6.45) is 2.46. The van der Waals surface area contributed by atoms with Gasteiger partial charge < -0.3 is 15.4 Å². The average molecular weight is 275 g/mol. The van der Waals surface area contributed by atoms with Gasteiger partial charge in [-0.1, -0.05) is 0 Å². The van der Waals surface area contributed by atoms with Gasteiger partial charge in [-0.2, -0.15) is 0 Å². The smallest absolute Gasteiger partial charge is 0.254 e. The average Bonchev–Trinajstić information content (AvgIpc) is 2.93. The Morgan fingerprint density at radius 1 is 1.35 bits per heavy atom. The number of ether oxygens (including phenoxy) is 1. The second-order valence-electron chi connectivity index (χ2n) is 5.54. The van der Waals surface area contributed by atoms with E-state index in [0.29, 0.717) is 23.0 Å². The number of anilines is 1. The van der Waals surface area contributed by atoms with E-state index in [1.807, 2.05) is 4.90 Å². The molecule has 1 aromatic carbocycles. The number of hydrogen-bond donors (Lipinski definition) is 1. The lowest BCUT2D eigenvalue weighted by atomic mass is 10.1. The van der Waals surface area contributed by atoms with Gasteiger partial charge in [-0.15, -0.1) is 0 Å². The van der Waals surface area contributed by atoms with E-state index in [-0.39, 0.29) is 5.91 Å². The van der Waals surface area contributed by atoms with Crippen LogP contribution in [-0.2, 0) is 0 Å². The van der Waals surface area contributed by atoms with Gasteiger partial charge in [0.1, 0.15) is 5.75 Å². The zero-order valence-electron chi connectivity index (χ0n) is 11.8. The van der Waals surface area contributed by atoms with Gasteiger partial charge in [0, 0.05) is 31.2 Å². The molecule has 0 aliphatic carbocycles. The fourth-order valence-electron chi connectivity index (χ4n) is 3.23. The highest BCUT2D eigenvalue weighted by molar-refractivity contribution is 5.95. The Hall–Kier alpha value is -1.75. The molecule has 0 spiro atoms. The van der Waals surface area contributed by atoms with Gasteiger partial charge in [0.25, 0.3) is 5.91 Å². The first kappa shape index (κ1) is 13.2.